The molecule has 0 unspecified atom stereocenters. The van der Waals surface area contributed by atoms with E-state index in [2.05, 4.69) is 6.58 Å². The molecule has 2 aromatic rings. The Bertz CT molecular complexity index is 909. The van der Waals surface area contributed by atoms with Gasteiger partial charge in [-0.15, -0.1) is 0 Å². The van der Waals surface area contributed by atoms with Gasteiger partial charge in [0.15, 0.2) is 0 Å². The number of benzene rings is 2. The summed E-state index contributed by atoms with van der Waals surface area (Å²) in [7, 11) is 0. The molecule has 27 heavy (non-hydrogen) atoms. The van der Waals surface area contributed by atoms with Crippen molar-refractivity contribution in [3.63, 3.8) is 0 Å². The number of hydrogen-bond donors (Lipinski definition) is 0. The standard InChI is InChI=1S/C20H17Cl2NO4/c1-2-9-25-16-6-4-3-5-13(16)12-23-18-14(7-8-15(21)17(18)22)20(19(23)24)26-10-11-27-20/h2-8H,1,9-12H2. The first-order chi connectivity index (χ1) is 13.1. The molecule has 7 heteroatoms. The summed E-state index contributed by atoms with van der Waals surface area (Å²) in [5.41, 5.74) is 1.91. The first kappa shape index (κ1) is 18.3. The molecule has 4 rings (SSSR count). The number of carbonyl (C=O) groups excluding carboxylic acids is 1. The number of anilines is 1. The number of halogens is 2. The number of fused-ring (bicyclic) bond motifs is 2. The van der Waals surface area contributed by atoms with E-state index in [1.807, 2.05) is 24.3 Å². The first-order valence-corrected chi connectivity index (χ1v) is 9.24. The smallest absolute Gasteiger partial charge is 0.292 e. The van der Waals surface area contributed by atoms with Crippen molar-refractivity contribution in [1.82, 2.24) is 0 Å². The first-order valence-electron chi connectivity index (χ1n) is 8.48. The maximum absolute atomic E-state index is 13.3. The van der Waals surface area contributed by atoms with Crippen LogP contribution in [0.15, 0.2) is 49.1 Å². The molecule has 0 aliphatic carbocycles. The van der Waals surface area contributed by atoms with Gasteiger partial charge in [-0.05, 0) is 18.2 Å². The molecule has 1 fully saturated rings. The second-order valence-electron chi connectivity index (χ2n) is 6.17. The van der Waals surface area contributed by atoms with Gasteiger partial charge >= 0.3 is 0 Å². The van der Waals surface area contributed by atoms with Crippen molar-refractivity contribution in [2.24, 2.45) is 0 Å². The fraction of sp³-hybridized carbons (Fsp3) is 0.250. The number of rotatable bonds is 5. The monoisotopic (exact) mass is 405 g/mol. The Balaban J connectivity index is 1.78. The van der Waals surface area contributed by atoms with E-state index < -0.39 is 5.79 Å². The van der Waals surface area contributed by atoms with E-state index in [4.69, 9.17) is 37.4 Å². The quantitative estimate of drug-likeness (QED) is 0.695. The van der Waals surface area contributed by atoms with Gasteiger partial charge < -0.3 is 19.1 Å². The van der Waals surface area contributed by atoms with Crippen LogP contribution in [0.1, 0.15) is 11.1 Å². The lowest BCUT2D eigenvalue weighted by Crippen LogP contribution is -2.41. The van der Waals surface area contributed by atoms with E-state index >= 15 is 0 Å². The van der Waals surface area contributed by atoms with Gasteiger partial charge in [0.2, 0.25) is 0 Å². The summed E-state index contributed by atoms with van der Waals surface area (Å²) >= 11 is 12.7. The molecule has 0 aromatic heterocycles. The van der Waals surface area contributed by atoms with Gasteiger partial charge in [0, 0.05) is 11.1 Å². The van der Waals surface area contributed by atoms with Crippen molar-refractivity contribution < 1.29 is 19.0 Å². The van der Waals surface area contributed by atoms with Crippen molar-refractivity contribution in [3.05, 3.63) is 70.2 Å². The van der Waals surface area contributed by atoms with Crippen LogP contribution in [0, 0.1) is 0 Å². The molecule has 1 spiro atoms. The van der Waals surface area contributed by atoms with Crippen LogP contribution in [0.4, 0.5) is 5.69 Å². The molecule has 140 valence electrons. The largest absolute Gasteiger partial charge is 0.489 e. The average molecular weight is 406 g/mol. The number of amides is 1. The minimum absolute atomic E-state index is 0.244. The molecule has 5 nitrogen and oxygen atoms in total. The summed E-state index contributed by atoms with van der Waals surface area (Å²) in [6, 6.07) is 10.9. The van der Waals surface area contributed by atoms with Gasteiger partial charge in [-0.3, -0.25) is 4.79 Å². The Morgan fingerprint density at radius 2 is 1.93 bits per heavy atom. The van der Waals surface area contributed by atoms with E-state index in [0.29, 0.717) is 46.9 Å². The molecule has 2 aromatic carbocycles. The van der Waals surface area contributed by atoms with E-state index in [1.54, 1.807) is 23.1 Å². The summed E-state index contributed by atoms with van der Waals surface area (Å²) in [6.45, 7) is 4.94. The highest BCUT2D eigenvalue weighted by Gasteiger charge is 2.57. The van der Waals surface area contributed by atoms with Crippen molar-refractivity contribution >= 4 is 34.8 Å². The lowest BCUT2D eigenvalue weighted by atomic mass is 10.1. The summed E-state index contributed by atoms with van der Waals surface area (Å²) in [5, 5.41) is 0.655. The topological polar surface area (TPSA) is 48.0 Å². The normalized spacial score (nSPS) is 17.4. The molecule has 0 bridgehead atoms. The third-order valence-electron chi connectivity index (χ3n) is 4.57. The lowest BCUT2D eigenvalue weighted by Gasteiger charge is -2.23. The van der Waals surface area contributed by atoms with Crippen LogP contribution >= 0.6 is 23.2 Å². The zero-order valence-electron chi connectivity index (χ0n) is 14.4. The average Bonchev–Trinajstić information content (AvgIpc) is 3.25. The van der Waals surface area contributed by atoms with E-state index in [0.717, 1.165) is 5.56 Å². The number of nitrogens with zero attached hydrogens (tertiary/aromatic N) is 1. The van der Waals surface area contributed by atoms with Crippen LogP contribution in [0.2, 0.25) is 10.0 Å². The molecular formula is C20H17Cl2NO4. The summed E-state index contributed by atoms with van der Waals surface area (Å²) in [6.07, 6.45) is 1.67. The molecule has 1 saturated heterocycles. The second-order valence-corrected chi connectivity index (χ2v) is 6.95. The minimum Gasteiger partial charge on any atom is -0.489 e. The number of para-hydroxylation sites is 1. The Hall–Kier alpha value is -2.05. The zero-order valence-corrected chi connectivity index (χ0v) is 15.9. The van der Waals surface area contributed by atoms with Gasteiger partial charge in [0.05, 0.1) is 35.5 Å². The summed E-state index contributed by atoms with van der Waals surface area (Å²) in [4.78, 5) is 14.8. The predicted molar refractivity (Wildman–Crippen MR) is 103 cm³/mol. The molecular weight excluding hydrogens is 389 g/mol. The van der Waals surface area contributed by atoms with Crippen LogP contribution in [0.5, 0.6) is 5.75 Å². The van der Waals surface area contributed by atoms with Crippen LogP contribution in [0.3, 0.4) is 0 Å². The van der Waals surface area contributed by atoms with Gasteiger partial charge in [0.1, 0.15) is 12.4 Å². The SMILES string of the molecule is C=CCOc1ccccc1CN1C(=O)C2(OCCO2)c2ccc(Cl)c(Cl)c21. The molecule has 0 radical (unpaired) electrons. The van der Waals surface area contributed by atoms with Gasteiger partial charge in [-0.1, -0.05) is 54.1 Å². The fourth-order valence-electron chi connectivity index (χ4n) is 3.40. The third-order valence-corrected chi connectivity index (χ3v) is 5.37. The van der Waals surface area contributed by atoms with Crippen molar-refractivity contribution in [2.45, 2.75) is 12.3 Å². The second kappa shape index (κ2) is 7.17. The van der Waals surface area contributed by atoms with E-state index in [9.17, 15) is 4.79 Å². The van der Waals surface area contributed by atoms with Gasteiger partial charge in [-0.2, -0.15) is 0 Å². The predicted octanol–water partition coefficient (Wildman–Crippen LogP) is 4.30. The van der Waals surface area contributed by atoms with E-state index in [1.165, 1.54) is 0 Å². The van der Waals surface area contributed by atoms with Crippen LogP contribution in [-0.4, -0.2) is 25.7 Å². The highest BCUT2D eigenvalue weighted by Crippen LogP contribution is 2.51. The van der Waals surface area contributed by atoms with Gasteiger partial charge in [0.25, 0.3) is 11.7 Å². The van der Waals surface area contributed by atoms with Crippen LogP contribution in [0.25, 0.3) is 0 Å². The maximum atomic E-state index is 13.3. The van der Waals surface area contributed by atoms with E-state index in [-0.39, 0.29) is 12.5 Å². The fourth-order valence-corrected chi connectivity index (χ4v) is 3.82. The Labute approximate surface area is 167 Å². The van der Waals surface area contributed by atoms with Crippen LogP contribution < -0.4 is 9.64 Å². The minimum atomic E-state index is -1.46. The Morgan fingerprint density at radius 3 is 2.67 bits per heavy atom. The molecule has 0 N–H and O–H groups in total. The molecule has 0 saturated carbocycles. The van der Waals surface area contributed by atoms with Crippen LogP contribution in [-0.2, 0) is 26.6 Å². The molecule has 0 atom stereocenters. The van der Waals surface area contributed by atoms with Crippen molar-refractivity contribution in [2.75, 3.05) is 24.7 Å². The molecule has 2 aliphatic heterocycles. The highest BCUT2D eigenvalue weighted by molar-refractivity contribution is 6.44. The Kier molecular flexibility index (Phi) is 4.86. The number of hydrogen-bond acceptors (Lipinski definition) is 4. The van der Waals surface area contributed by atoms with Gasteiger partial charge in [-0.25, -0.2) is 0 Å². The lowest BCUT2D eigenvalue weighted by molar-refractivity contribution is -0.180. The summed E-state index contributed by atoms with van der Waals surface area (Å²) < 4.78 is 17.2. The highest BCUT2D eigenvalue weighted by atomic mass is 35.5. The Morgan fingerprint density at radius 1 is 1.19 bits per heavy atom. The molecule has 2 heterocycles. The summed E-state index contributed by atoms with van der Waals surface area (Å²) in [5.74, 6) is -1.11. The molecule has 1 amide bonds. The molecule has 2 aliphatic rings. The van der Waals surface area contributed by atoms with Crippen molar-refractivity contribution in [3.8, 4) is 5.75 Å². The maximum Gasteiger partial charge on any atom is 0.292 e. The number of ether oxygens (including phenoxy) is 3. The zero-order chi connectivity index (χ0) is 19.0. The third kappa shape index (κ3) is 2.91. The number of carbonyl (C=O) groups is 1. The van der Waals surface area contributed by atoms with Crippen molar-refractivity contribution in [1.29, 1.82) is 0 Å².